The molecule has 4 rings (SSSR count). The molecule has 1 N–H and O–H groups in total. The third kappa shape index (κ3) is 5.45. The van der Waals surface area contributed by atoms with E-state index < -0.39 is 0 Å². The molecule has 0 unspecified atom stereocenters. The molecule has 0 atom stereocenters. The fourth-order valence-electron chi connectivity index (χ4n) is 3.54. The van der Waals surface area contributed by atoms with Crippen molar-refractivity contribution in [3.05, 3.63) is 78.2 Å². The lowest BCUT2D eigenvalue weighted by molar-refractivity contribution is -0.132. The van der Waals surface area contributed by atoms with E-state index in [0.29, 0.717) is 37.6 Å². The fraction of sp³-hybridized carbons (Fsp3) is 0.250. The first-order valence-corrected chi connectivity index (χ1v) is 10.4. The number of rotatable bonds is 6. The lowest BCUT2D eigenvalue weighted by Crippen LogP contribution is -2.42. The number of hydrogen-bond donors (Lipinski definition) is 1. The van der Waals surface area contributed by atoms with Gasteiger partial charge in [-0.05, 0) is 24.5 Å². The largest absolute Gasteiger partial charge is 0.347 e. The monoisotopic (exact) mass is 416 g/mol. The van der Waals surface area contributed by atoms with Crippen LogP contribution in [0.25, 0.3) is 17.5 Å². The summed E-state index contributed by atoms with van der Waals surface area (Å²) >= 11 is 0. The highest BCUT2D eigenvalue weighted by molar-refractivity contribution is 5.92. The van der Waals surface area contributed by atoms with Gasteiger partial charge in [-0.2, -0.15) is 4.98 Å². The topological polar surface area (TPSA) is 88.3 Å². The van der Waals surface area contributed by atoms with Crippen LogP contribution in [0.2, 0.25) is 0 Å². The zero-order chi connectivity index (χ0) is 21.5. The third-order valence-corrected chi connectivity index (χ3v) is 5.31. The summed E-state index contributed by atoms with van der Waals surface area (Å²) in [5, 5.41) is 6.83. The van der Waals surface area contributed by atoms with Gasteiger partial charge in [-0.1, -0.05) is 65.8 Å². The minimum absolute atomic E-state index is 0.0259. The number of piperidine rings is 1. The summed E-state index contributed by atoms with van der Waals surface area (Å²) < 4.78 is 5.23. The highest BCUT2D eigenvalue weighted by Crippen LogP contribution is 2.19. The van der Waals surface area contributed by atoms with Gasteiger partial charge in [0.15, 0.2) is 0 Å². The minimum atomic E-state index is -0.126. The molecule has 0 radical (unpaired) electrons. The quantitative estimate of drug-likeness (QED) is 0.623. The first kappa shape index (κ1) is 20.5. The van der Waals surface area contributed by atoms with Gasteiger partial charge < -0.3 is 14.7 Å². The second-order valence-electron chi connectivity index (χ2n) is 7.44. The van der Waals surface area contributed by atoms with Crippen LogP contribution in [0.3, 0.4) is 0 Å². The Balaban J connectivity index is 1.23. The van der Waals surface area contributed by atoms with Crippen molar-refractivity contribution in [3.8, 4) is 11.4 Å². The van der Waals surface area contributed by atoms with Crippen molar-refractivity contribution in [2.75, 3.05) is 13.1 Å². The van der Waals surface area contributed by atoms with Gasteiger partial charge in [0, 0.05) is 30.6 Å². The standard InChI is InChI=1S/C24H24N4O3/c29-22(12-11-18-7-3-1-4-8-18)28-15-13-20(14-16-28)24(30)25-17-21-26-23(27-31-21)19-9-5-2-6-10-19/h1-12,20H,13-17H2,(H,25,30)/b12-11+. The Bertz CT molecular complexity index is 1040. The number of nitrogens with one attached hydrogen (secondary N) is 1. The van der Waals surface area contributed by atoms with E-state index in [2.05, 4.69) is 15.5 Å². The van der Waals surface area contributed by atoms with Gasteiger partial charge in [-0.25, -0.2) is 0 Å². The Morgan fingerprint density at radius 2 is 1.71 bits per heavy atom. The molecular formula is C24H24N4O3. The Hall–Kier alpha value is -3.74. The number of likely N-dealkylation sites (tertiary alicyclic amines) is 1. The SMILES string of the molecule is O=C(NCc1nc(-c2ccccc2)no1)C1CCN(C(=O)/C=C/c2ccccc2)CC1. The molecule has 158 valence electrons. The molecule has 3 aromatic rings. The van der Waals surface area contributed by atoms with Crippen molar-refractivity contribution in [2.45, 2.75) is 19.4 Å². The third-order valence-electron chi connectivity index (χ3n) is 5.31. The lowest BCUT2D eigenvalue weighted by Gasteiger charge is -2.30. The van der Waals surface area contributed by atoms with Gasteiger partial charge in [0.2, 0.25) is 23.5 Å². The molecule has 1 aliphatic rings. The first-order valence-electron chi connectivity index (χ1n) is 10.4. The molecule has 2 amide bonds. The molecule has 7 nitrogen and oxygen atoms in total. The Morgan fingerprint density at radius 3 is 2.42 bits per heavy atom. The summed E-state index contributed by atoms with van der Waals surface area (Å²) in [7, 11) is 0. The summed E-state index contributed by atoms with van der Waals surface area (Å²) in [4.78, 5) is 31.0. The van der Waals surface area contributed by atoms with Crippen LogP contribution in [0, 0.1) is 5.92 Å². The van der Waals surface area contributed by atoms with Crippen molar-refractivity contribution < 1.29 is 14.1 Å². The van der Waals surface area contributed by atoms with E-state index in [4.69, 9.17) is 4.52 Å². The number of amides is 2. The average Bonchev–Trinajstić information content (AvgIpc) is 3.31. The normalized spacial score (nSPS) is 14.6. The molecule has 1 aliphatic heterocycles. The highest BCUT2D eigenvalue weighted by Gasteiger charge is 2.26. The van der Waals surface area contributed by atoms with Crippen LogP contribution >= 0.6 is 0 Å². The van der Waals surface area contributed by atoms with Crippen molar-refractivity contribution in [1.82, 2.24) is 20.4 Å². The molecule has 0 spiro atoms. The summed E-state index contributed by atoms with van der Waals surface area (Å²) in [6.07, 6.45) is 4.68. The van der Waals surface area contributed by atoms with Crippen molar-refractivity contribution in [1.29, 1.82) is 0 Å². The van der Waals surface area contributed by atoms with E-state index in [1.807, 2.05) is 66.7 Å². The molecule has 0 saturated carbocycles. The van der Waals surface area contributed by atoms with Crippen molar-refractivity contribution >= 4 is 17.9 Å². The summed E-state index contributed by atoms with van der Waals surface area (Å²) in [5.74, 6) is 0.665. The van der Waals surface area contributed by atoms with Crippen LogP contribution in [-0.4, -0.2) is 39.9 Å². The molecule has 1 fully saturated rings. The maximum absolute atomic E-state index is 12.5. The molecule has 1 saturated heterocycles. The van der Waals surface area contributed by atoms with Crippen LogP contribution in [-0.2, 0) is 16.1 Å². The Labute approximate surface area is 180 Å². The smallest absolute Gasteiger partial charge is 0.246 e. The van der Waals surface area contributed by atoms with Gasteiger partial charge in [-0.3, -0.25) is 9.59 Å². The molecule has 7 heteroatoms. The first-order chi connectivity index (χ1) is 15.2. The van der Waals surface area contributed by atoms with Crippen LogP contribution in [0.5, 0.6) is 0 Å². The second-order valence-corrected chi connectivity index (χ2v) is 7.44. The van der Waals surface area contributed by atoms with Crippen LogP contribution in [0.1, 0.15) is 24.3 Å². The maximum atomic E-state index is 12.5. The van der Waals surface area contributed by atoms with Crippen molar-refractivity contribution in [2.24, 2.45) is 5.92 Å². The van der Waals surface area contributed by atoms with E-state index in [0.717, 1.165) is 11.1 Å². The van der Waals surface area contributed by atoms with E-state index in [9.17, 15) is 9.59 Å². The number of carbonyl (C=O) groups is 2. The van der Waals surface area contributed by atoms with E-state index in [-0.39, 0.29) is 24.3 Å². The molecule has 1 aromatic heterocycles. The van der Waals surface area contributed by atoms with Crippen LogP contribution in [0.15, 0.2) is 71.3 Å². The Kier molecular flexibility index (Phi) is 6.52. The summed E-state index contributed by atoms with van der Waals surface area (Å²) in [6, 6.07) is 19.2. The summed E-state index contributed by atoms with van der Waals surface area (Å²) in [5.41, 5.74) is 1.85. The second kappa shape index (κ2) is 9.84. The zero-order valence-electron chi connectivity index (χ0n) is 17.1. The zero-order valence-corrected chi connectivity index (χ0v) is 17.1. The van der Waals surface area contributed by atoms with Crippen molar-refractivity contribution in [3.63, 3.8) is 0 Å². The molecule has 0 bridgehead atoms. The molecule has 2 heterocycles. The predicted molar refractivity (Wildman–Crippen MR) is 116 cm³/mol. The number of aromatic nitrogens is 2. The minimum Gasteiger partial charge on any atom is -0.347 e. The molecule has 31 heavy (non-hydrogen) atoms. The summed E-state index contributed by atoms with van der Waals surface area (Å²) in [6.45, 7) is 1.32. The number of benzene rings is 2. The van der Waals surface area contributed by atoms with E-state index in [1.165, 1.54) is 0 Å². The highest BCUT2D eigenvalue weighted by atomic mass is 16.5. The maximum Gasteiger partial charge on any atom is 0.246 e. The van der Waals surface area contributed by atoms with Crippen LogP contribution in [0.4, 0.5) is 0 Å². The van der Waals surface area contributed by atoms with E-state index >= 15 is 0 Å². The van der Waals surface area contributed by atoms with Gasteiger partial charge in [0.25, 0.3) is 0 Å². The molecular weight excluding hydrogens is 392 g/mol. The molecule has 2 aromatic carbocycles. The van der Waals surface area contributed by atoms with Gasteiger partial charge >= 0.3 is 0 Å². The fourth-order valence-corrected chi connectivity index (χ4v) is 3.54. The van der Waals surface area contributed by atoms with Gasteiger partial charge in [-0.15, -0.1) is 0 Å². The Morgan fingerprint density at radius 1 is 1.03 bits per heavy atom. The predicted octanol–water partition coefficient (Wildman–Crippen LogP) is 3.30. The number of carbonyl (C=O) groups excluding carboxylic acids is 2. The number of hydrogen-bond acceptors (Lipinski definition) is 5. The number of nitrogens with zero attached hydrogens (tertiary/aromatic N) is 3. The lowest BCUT2D eigenvalue weighted by atomic mass is 9.96. The molecule has 0 aliphatic carbocycles. The van der Waals surface area contributed by atoms with Crippen LogP contribution < -0.4 is 5.32 Å². The average molecular weight is 416 g/mol. The van der Waals surface area contributed by atoms with Gasteiger partial charge in [0.05, 0.1) is 6.54 Å². The van der Waals surface area contributed by atoms with E-state index in [1.54, 1.807) is 11.0 Å². The van der Waals surface area contributed by atoms with Gasteiger partial charge in [0.1, 0.15) is 0 Å².